The first-order valence-electron chi connectivity index (χ1n) is 21.0. The highest BCUT2D eigenvalue weighted by atomic mass is 15.2. The Kier molecular flexibility index (Phi) is 9.04. The Labute approximate surface area is 344 Å². The molecule has 0 aromatic heterocycles. The Morgan fingerprint density at radius 3 is 1.30 bits per heavy atom. The van der Waals surface area contributed by atoms with Gasteiger partial charge in [0.1, 0.15) is 0 Å². The van der Waals surface area contributed by atoms with Crippen molar-refractivity contribution in [1.29, 1.82) is 0 Å². The summed E-state index contributed by atoms with van der Waals surface area (Å²) in [6, 6.07) is 45.1. The smallest absolute Gasteiger partial charge is 0.252 e. The molecule has 290 valence electrons. The zero-order chi connectivity index (χ0) is 41.0. The summed E-state index contributed by atoms with van der Waals surface area (Å²) in [6.07, 6.45) is 0. The molecule has 0 spiro atoms. The van der Waals surface area contributed by atoms with Crippen LogP contribution in [0.3, 0.4) is 0 Å². The van der Waals surface area contributed by atoms with Crippen molar-refractivity contribution in [3.8, 4) is 11.1 Å². The fraction of sp³-hybridized carbons (Fsp3) is 0.333. The van der Waals surface area contributed by atoms with E-state index in [4.69, 9.17) is 0 Å². The average Bonchev–Trinajstić information content (AvgIpc) is 3.12. The number of anilines is 6. The number of rotatable bonds is 3. The number of fused-ring (bicyclic) bond motifs is 4. The summed E-state index contributed by atoms with van der Waals surface area (Å²) in [6.45, 7) is 32.4. The molecule has 0 aliphatic carbocycles. The van der Waals surface area contributed by atoms with Crippen LogP contribution in [0.25, 0.3) is 11.1 Å². The van der Waals surface area contributed by atoms with Crippen molar-refractivity contribution in [2.75, 3.05) is 9.80 Å². The van der Waals surface area contributed by atoms with Gasteiger partial charge in [-0.1, -0.05) is 161 Å². The van der Waals surface area contributed by atoms with Crippen molar-refractivity contribution in [3.63, 3.8) is 0 Å². The molecule has 2 nitrogen and oxygen atoms in total. The Bertz CT molecular complexity index is 2510. The fourth-order valence-corrected chi connectivity index (χ4v) is 9.08. The van der Waals surface area contributed by atoms with E-state index in [1.54, 1.807) is 0 Å². The van der Waals surface area contributed by atoms with Crippen LogP contribution >= 0.6 is 0 Å². The largest absolute Gasteiger partial charge is 0.311 e. The summed E-state index contributed by atoms with van der Waals surface area (Å²) in [7, 11) is 0. The monoisotopic (exact) mass is 748 g/mol. The van der Waals surface area contributed by atoms with Crippen LogP contribution in [0.15, 0.2) is 115 Å². The molecule has 0 saturated carbocycles. The van der Waals surface area contributed by atoms with Gasteiger partial charge in [-0.05, 0) is 128 Å². The number of hydrogen-bond donors (Lipinski definition) is 0. The van der Waals surface area contributed by atoms with E-state index in [-0.39, 0.29) is 28.4 Å². The Hall–Kier alpha value is -5.02. The molecule has 6 aromatic carbocycles. The first-order valence-corrected chi connectivity index (χ1v) is 21.0. The van der Waals surface area contributed by atoms with Gasteiger partial charge in [0.05, 0.1) is 5.69 Å². The molecule has 2 heterocycles. The van der Waals surface area contributed by atoms with E-state index in [0.29, 0.717) is 0 Å². The zero-order valence-electron chi connectivity index (χ0n) is 36.9. The van der Waals surface area contributed by atoms with Crippen molar-refractivity contribution in [1.82, 2.24) is 0 Å². The van der Waals surface area contributed by atoms with Crippen LogP contribution in [0.4, 0.5) is 34.1 Å². The molecular formula is C54H61BN2. The van der Waals surface area contributed by atoms with Crippen LogP contribution in [0, 0.1) is 13.8 Å². The minimum atomic E-state index is -0.0101. The van der Waals surface area contributed by atoms with Gasteiger partial charge in [0.25, 0.3) is 6.71 Å². The zero-order valence-corrected chi connectivity index (χ0v) is 36.9. The van der Waals surface area contributed by atoms with Crippen LogP contribution in [0.5, 0.6) is 0 Å². The molecule has 2 aliphatic rings. The summed E-state index contributed by atoms with van der Waals surface area (Å²) in [5.41, 5.74) is 22.0. The van der Waals surface area contributed by atoms with Crippen molar-refractivity contribution in [2.24, 2.45) is 0 Å². The van der Waals surface area contributed by atoms with Gasteiger partial charge < -0.3 is 9.80 Å². The normalized spacial score (nSPS) is 14.0. The molecule has 3 heteroatoms. The predicted octanol–water partition coefficient (Wildman–Crippen LogP) is 13.2. The highest BCUT2D eigenvalue weighted by Crippen LogP contribution is 2.48. The number of hydrogen-bond acceptors (Lipinski definition) is 2. The van der Waals surface area contributed by atoms with Gasteiger partial charge in [0.15, 0.2) is 0 Å². The molecule has 0 unspecified atom stereocenters. The van der Waals surface area contributed by atoms with E-state index in [2.05, 4.69) is 222 Å². The summed E-state index contributed by atoms with van der Waals surface area (Å²) in [4.78, 5) is 5.13. The molecule has 0 radical (unpaired) electrons. The summed E-state index contributed by atoms with van der Waals surface area (Å²) in [5.74, 6) is 0. The second-order valence-corrected chi connectivity index (χ2v) is 21.0. The number of nitrogens with zero attached hydrogens (tertiary/aromatic N) is 2. The van der Waals surface area contributed by atoms with Crippen molar-refractivity contribution in [2.45, 2.75) is 119 Å². The topological polar surface area (TPSA) is 6.48 Å². The van der Waals surface area contributed by atoms with E-state index in [1.165, 1.54) is 95.0 Å². The number of aryl methyl sites for hydroxylation is 2. The van der Waals surface area contributed by atoms with E-state index >= 15 is 0 Å². The van der Waals surface area contributed by atoms with E-state index in [0.717, 1.165) is 0 Å². The lowest BCUT2D eigenvalue weighted by Crippen LogP contribution is -2.61. The van der Waals surface area contributed by atoms with Gasteiger partial charge in [0, 0.05) is 34.0 Å². The third-order valence-electron chi connectivity index (χ3n) is 12.3. The predicted molar refractivity (Wildman–Crippen MR) is 250 cm³/mol. The molecule has 8 rings (SSSR count). The average molecular weight is 749 g/mol. The van der Waals surface area contributed by atoms with Gasteiger partial charge in [-0.2, -0.15) is 0 Å². The second kappa shape index (κ2) is 13.3. The van der Waals surface area contributed by atoms with Crippen LogP contribution in [-0.4, -0.2) is 6.71 Å². The van der Waals surface area contributed by atoms with Gasteiger partial charge in [0.2, 0.25) is 0 Å². The summed E-state index contributed by atoms with van der Waals surface area (Å²) < 4.78 is 0. The molecule has 2 aliphatic heterocycles. The van der Waals surface area contributed by atoms with Gasteiger partial charge in [-0.3, -0.25) is 0 Å². The molecule has 57 heavy (non-hydrogen) atoms. The molecule has 0 fully saturated rings. The number of benzene rings is 6. The summed E-state index contributed by atoms with van der Waals surface area (Å²) >= 11 is 0. The minimum absolute atomic E-state index is 0.000446. The highest BCUT2D eigenvalue weighted by Gasteiger charge is 2.44. The molecule has 0 saturated heterocycles. The SMILES string of the molecule is Cc1cc(C)cc(-c2cc(C(C)(C)C)ccc2N2c3ccc(C(C)(C)C)cc3B3c4cc(C(C)(C)C)ccc4N(c4ccc(C(C)(C)C)cc4)c4cccc2c43)c1. The molecule has 0 atom stereocenters. The molecule has 0 N–H and O–H groups in total. The summed E-state index contributed by atoms with van der Waals surface area (Å²) in [5, 5.41) is 0. The van der Waals surface area contributed by atoms with Crippen molar-refractivity contribution < 1.29 is 0 Å². The molecular weight excluding hydrogens is 687 g/mol. The first kappa shape index (κ1) is 38.8. The van der Waals surface area contributed by atoms with E-state index in [9.17, 15) is 0 Å². The van der Waals surface area contributed by atoms with Gasteiger partial charge in [-0.25, -0.2) is 0 Å². The van der Waals surface area contributed by atoms with Crippen LogP contribution in [-0.2, 0) is 21.7 Å². The first-order chi connectivity index (χ1) is 26.6. The second-order valence-electron chi connectivity index (χ2n) is 21.0. The molecule has 6 aromatic rings. The lowest BCUT2D eigenvalue weighted by Gasteiger charge is -2.45. The maximum Gasteiger partial charge on any atom is 0.252 e. The fourth-order valence-electron chi connectivity index (χ4n) is 9.08. The third kappa shape index (κ3) is 6.81. The highest BCUT2D eigenvalue weighted by molar-refractivity contribution is 7.00. The lowest BCUT2D eigenvalue weighted by atomic mass is 9.33. The third-order valence-corrected chi connectivity index (χ3v) is 12.3. The Morgan fingerprint density at radius 1 is 0.386 bits per heavy atom. The van der Waals surface area contributed by atoms with Crippen LogP contribution < -0.4 is 26.2 Å². The van der Waals surface area contributed by atoms with E-state index < -0.39 is 0 Å². The molecule has 0 bridgehead atoms. The Balaban J connectivity index is 1.48. The van der Waals surface area contributed by atoms with Crippen molar-refractivity contribution in [3.05, 3.63) is 149 Å². The Morgan fingerprint density at radius 2 is 0.807 bits per heavy atom. The molecule has 0 amide bonds. The maximum absolute atomic E-state index is 2.59. The minimum Gasteiger partial charge on any atom is -0.311 e. The van der Waals surface area contributed by atoms with E-state index in [1.807, 2.05) is 0 Å². The quantitative estimate of drug-likeness (QED) is 0.166. The van der Waals surface area contributed by atoms with Crippen LogP contribution in [0.1, 0.15) is 116 Å². The van der Waals surface area contributed by atoms with Gasteiger partial charge in [-0.15, -0.1) is 0 Å². The van der Waals surface area contributed by atoms with Gasteiger partial charge >= 0.3 is 0 Å². The standard InChI is InChI=1S/C54H61BN2/c1-34-28-35(2)30-36(29-34)42-31-38(52(6,7)8)20-25-45(42)57-47-27-22-40(54(12,13)14)33-44(47)55-43-32-39(53(9,10)11)21-26-46(43)56(48-16-15-17-49(57)50(48)55)41-23-18-37(19-24-41)51(3,4)5/h15-33H,1-14H3. The van der Waals surface area contributed by atoms with Crippen LogP contribution in [0.2, 0.25) is 0 Å². The lowest BCUT2D eigenvalue weighted by molar-refractivity contribution is 0.590. The maximum atomic E-state index is 2.59. The van der Waals surface area contributed by atoms with Crippen molar-refractivity contribution >= 4 is 57.2 Å².